The summed E-state index contributed by atoms with van der Waals surface area (Å²) in [6.45, 7) is 13.2. The third-order valence-corrected chi connectivity index (χ3v) is 6.03. The SMILES string of the molecule is C=CC[C@@H](C[C@H]1COC(C)(C)N1C(=O)OC(C)(C)C)C(=O)N1C(=O)OC[C@@H]1Cc1ccccc1. The average Bonchev–Trinajstić information content (AvgIpc) is 3.25. The molecule has 1 aromatic rings. The first kappa shape index (κ1) is 25.7. The molecule has 3 rings (SSSR count). The molecule has 0 spiro atoms. The number of carbonyl (C=O) groups excluding carboxylic acids is 3. The van der Waals surface area contributed by atoms with Gasteiger partial charge in [-0.1, -0.05) is 36.4 Å². The fourth-order valence-corrected chi connectivity index (χ4v) is 4.53. The Hall–Kier alpha value is -2.87. The molecule has 8 nitrogen and oxygen atoms in total. The van der Waals surface area contributed by atoms with E-state index in [9.17, 15) is 14.4 Å². The molecular formula is C26H36N2O6. The third-order valence-electron chi connectivity index (χ3n) is 6.03. The van der Waals surface area contributed by atoms with E-state index in [2.05, 4.69) is 6.58 Å². The average molecular weight is 473 g/mol. The van der Waals surface area contributed by atoms with Gasteiger partial charge in [-0.25, -0.2) is 14.5 Å². The number of amides is 3. The van der Waals surface area contributed by atoms with Gasteiger partial charge in [-0.3, -0.25) is 9.69 Å². The summed E-state index contributed by atoms with van der Waals surface area (Å²) in [5.74, 6) is -0.883. The van der Waals surface area contributed by atoms with Crippen LogP contribution in [0.5, 0.6) is 0 Å². The van der Waals surface area contributed by atoms with Crippen molar-refractivity contribution < 1.29 is 28.6 Å². The molecule has 0 saturated carbocycles. The van der Waals surface area contributed by atoms with Crippen LogP contribution in [0.3, 0.4) is 0 Å². The quantitative estimate of drug-likeness (QED) is 0.542. The zero-order valence-corrected chi connectivity index (χ0v) is 20.8. The first-order valence-corrected chi connectivity index (χ1v) is 11.7. The molecule has 2 saturated heterocycles. The highest BCUT2D eigenvalue weighted by Crippen LogP contribution is 2.34. The summed E-state index contributed by atoms with van der Waals surface area (Å²) in [6, 6.07) is 8.93. The smallest absolute Gasteiger partial charge is 0.416 e. The summed E-state index contributed by atoms with van der Waals surface area (Å²) in [5.41, 5.74) is -0.524. The Morgan fingerprint density at radius 2 is 1.88 bits per heavy atom. The van der Waals surface area contributed by atoms with Crippen LogP contribution in [-0.4, -0.2) is 64.5 Å². The lowest BCUT2D eigenvalue weighted by molar-refractivity contribution is -0.134. The molecule has 2 heterocycles. The number of benzene rings is 1. The standard InChI is InChI=1S/C26H36N2O6/c1-7-11-19(15-21-17-33-26(5,6)28(21)24(31)34-25(2,3)4)22(29)27-20(16-32-23(27)30)14-18-12-9-8-10-13-18/h7-10,12-13,19-21H,1,11,14-17H2,2-6H3/t19-,20-,21-/m0/s1. The highest BCUT2D eigenvalue weighted by Gasteiger charge is 2.48. The molecule has 3 atom stereocenters. The topological polar surface area (TPSA) is 85.4 Å². The summed E-state index contributed by atoms with van der Waals surface area (Å²) < 4.78 is 16.7. The maximum absolute atomic E-state index is 13.6. The Kier molecular flexibility index (Phi) is 7.70. The van der Waals surface area contributed by atoms with Gasteiger partial charge in [0.05, 0.1) is 18.7 Å². The second-order valence-corrected chi connectivity index (χ2v) is 10.3. The van der Waals surface area contributed by atoms with Gasteiger partial charge in [0.1, 0.15) is 17.9 Å². The predicted octanol–water partition coefficient (Wildman–Crippen LogP) is 4.53. The van der Waals surface area contributed by atoms with Gasteiger partial charge in [-0.2, -0.15) is 0 Å². The molecule has 3 amide bonds. The van der Waals surface area contributed by atoms with Crippen molar-refractivity contribution in [1.82, 2.24) is 9.80 Å². The molecule has 0 aliphatic carbocycles. The summed E-state index contributed by atoms with van der Waals surface area (Å²) >= 11 is 0. The highest BCUT2D eigenvalue weighted by molar-refractivity contribution is 5.95. The molecule has 0 N–H and O–H groups in total. The monoisotopic (exact) mass is 472 g/mol. The summed E-state index contributed by atoms with van der Waals surface area (Å²) in [7, 11) is 0. The van der Waals surface area contributed by atoms with E-state index in [1.165, 1.54) is 4.90 Å². The lowest BCUT2D eigenvalue weighted by Gasteiger charge is -2.36. The van der Waals surface area contributed by atoms with E-state index in [-0.39, 0.29) is 31.2 Å². The zero-order chi connectivity index (χ0) is 25.1. The number of rotatable bonds is 7. The van der Waals surface area contributed by atoms with Gasteiger partial charge in [0.25, 0.3) is 0 Å². The lowest BCUT2D eigenvalue weighted by atomic mass is 9.93. The minimum atomic E-state index is -0.878. The Balaban J connectivity index is 1.78. The van der Waals surface area contributed by atoms with E-state index in [1.807, 2.05) is 30.3 Å². The molecule has 1 aromatic carbocycles. The van der Waals surface area contributed by atoms with Gasteiger partial charge in [0.2, 0.25) is 5.91 Å². The minimum absolute atomic E-state index is 0.157. The number of carbonyl (C=O) groups is 3. The number of nitrogens with zero attached hydrogens (tertiary/aromatic N) is 2. The number of cyclic esters (lactones) is 1. The van der Waals surface area contributed by atoms with Crippen LogP contribution >= 0.6 is 0 Å². The molecule has 2 fully saturated rings. The number of ether oxygens (including phenoxy) is 3. The summed E-state index contributed by atoms with van der Waals surface area (Å²) in [6.07, 6.45) is 1.73. The normalized spacial score (nSPS) is 22.9. The van der Waals surface area contributed by atoms with E-state index in [1.54, 1.807) is 45.6 Å². The van der Waals surface area contributed by atoms with E-state index >= 15 is 0 Å². The van der Waals surface area contributed by atoms with Crippen LogP contribution in [-0.2, 0) is 25.4 Å². The molecule has 186 valence electrons. The molecule has 0 radical (unpaired) electrons. The Morgan fingerprint density at radius 1 is 1.21 bits per heavy atom. The maximum atomic E-state index is 13.6. The first-order valence-electron chi connectivity index (χ1n) is 11.7. The van der Waals surface area contributed by atoms with E-state index in [0.29, 0.717) is 19.3 Å². The molecule has 8 heteroatoms. The van der Waals surface area contributed by atoms with Crippen LogP contribution < -0.4 is 0 Å². The Bertz CT molecular complexity index is 908. The lowest BCUT2D eigenvalue weighted by Crippen LogP contribution is -2.51. The number of imide groups is 1. The van der Waals surface area contributed by atoms with Gasteiger partial charge in [-0.15, -0.1) is 6.58 Å². The molecule has 2 aliphatic rings. The van der Waals surface area contributed by atoms with Gasteiger partial charge >= 0.3 is 12.2 Å². The van der Waals surface area contributed by atoms with Crippen LogP contribution in [0.4, 0.5) is 9.59 Å². The number of hydrogen-bond acceptors (Lipinski definition) is 6. The number of hydrogen-bond donors (Lipinski definition) is 0. The van der Waals surface area contributed by atoms with E-state index in [0.717, 1.165) is 5.56 Å². The van der Waals surface area contributed by atoms with Crippen molar-refractivity contribution in [3.8, 4) is 0 Å². The van der Waals surface area contributed by atoms with Crippen molar-refractivity contribution >= 4 is 18.1 Å². The molecular weight excluding hydrogens is 436 g/mol. The molecule has 0 unspecified atom stereocenters. The van der Waals surface area contributed by atoms with Crippen molar-refractivity contribution in [3.63, 3.8) is 0 Å². The molecule has 34 heavy (non-hydrogen) atoms. The highest BCUT2D eigenvalue weighted by atomic mass is 16.6. The predicted molar refractivity (Wildman–Crippen MR) is 127 cm³/mol. The summed E-state index contributed by atoms with van der Waals surface area (Å²) in [4.78, 5) is 41.9. The van der Waals surface area contributed by atoms with Crippen molar-refractivity contribution in [3.05, 3.63) is 48.6 Å². The largest absolute Gasteiger partial charge is 0.447 e. The second-order valence-electron chi connectivity index (χ2n) is 10.3. The van der Waals surface area contributed by atoms with Crippen molar-refractivity contribution in [2.75, 3.05) is 13.2 Å². The van der Waals surface area contributed by atoms with Crippen molar-refractivity contribution in [2.24, 2.45) is 5.92 Å². The minimum Gasteiger partial charge on any atom is -0.447 e. The summed E-state index contributed by atoms with van der Waals surface area (Å²) in [5, 5.41) is 0. The van der Waals surface area contributed by atoms with Crippen molar-refractivity contribution in [1.29, 1.82) is 0 Å². The number of allylic oxidation sites excluding steroid dienone is 1. The second kappa shape index (κ2) is 10.2. The Morgan fingerprint density at radius 3 is 2.50 bits per heavy atom. The van der Waals surface area contributed by atoms with Crippen LogP contribution in [0.1, 0.15) is 53.0 Å². The van der Waals surface area contributed by atoms with Gasteiger partial charge < -0.3 is 14.2 Å². The molecule has 0 bridgehead atoms. The van der Waals surface area contributed by atoms with E-state index in [4.69, 9.17) is 14.2 Å². The van der Waals surface area contributed by atoms with Gasteiger partial charge in [0, 0.05) is 5.92 Å². The van der Waals surface area contributed by atoms with Crippen LogP contribution in [0.2, 0.25) is 0 Å². The molecule has 0 aromatic heterocycles. The van der Waals surface area contributed by atoms with Gasteiger partial charge in [-0.05, 0) is 59.4 Å². The van der Waals surface area contributed by atoms with Crippen LogP contribution in [0.15, 0.2) is 43.0 Å². The van der Waals surface area contributed by atoms with Crippen molar-refractivity contribution in [2.45, 2.75) is 77.3 Å². The van der Waals surface area contributed by atoms with Crippen LogP contribution in [0.25, 0.3) is 0 Å². The van der Waals surface area contributed by atoms with E-state index < -0.39 is 29.4 Å². The van der Waals surface area contributed by atoms with Crippen LogP contribution in [0, 0.1) is 5.92 Å². The first-order chi connectivity index (χ1) is 15.9. The maximum Gasteiger partial charge on any atom is 0.416 e. The van der Waals surface area contributed by atoms with Gasteiger partial charge in [0.15, 0.2) is 0 Å². The fraction of sp³-hybridized carbons (Fsp3) is 0.577. The fourth-order valence-electron chi connectivity index (χ4n) is 4.53. The third kappa shape index (κ3) is 5.97. The zero-order valence-electron chi connectivity index (χ0n) is 20.8. The molecule has 2 aliphatic heterocycles. The Labute approximate surface area is 201 Å².